The van der Waals surface area contributed by atoms with Crippen LogP contribution in [0.25, 0.3) is 11.0 Å². The van der Waals surface area contributed by atoms with Gasteiger partial charge in [0.25, 0.3) is 0 Å². The molecule has 0 unspecified atom stereocenters. The highest BCUT2D eigenvalue weighted by atomic mass is 32.2. The first-order valence-corrected chi connectivity index (χ1v) is 6.25. The number of hydrogen-bond donors (Lipinski definition) is 0. The summed E-state index contributed by atoms with van der Waals surface area (Å²) in [6.45, 7) is 0. The standard InChI is InChI=1S/C9H9N2.CHF3O3S/c1-11-7-6-10-8-4-2-3-5-9(8)11;2-1(3,4)8(5,6)7/h2-7H,1H3;(H,5,6,7)/q+1;/p-1. The monoisotopic (exact) mass is 294 g/mol. The Morgan fingerprint density at radius 1 is 1.26 bits per heavy atom. The lowest BCUT2D eigenvalue weighted by Gasteiger charge is -2.08. The molecule has 0 saturated carbocycles. The molecule has 2 rings (SSSR count). The van der Waals surface area contributed by atoms with Crippen molar-refractivity contribution in [2.75, 3.05) is 0 Å². The van der Waals surface area contributed by atoms with Crippen LogP contribution in [-0.4, -0.2) is 23.5 Å². The minimum absolute atomic E-state index is 1.04. The van der Waals surface area contributed by atoms with Crippen molar-refractivity contribution >= 4 is 21.2 Å². The van der Waals surface area contributed by atoms with Gasteiger partial charge in [-0.25, -0.2) is 13.4 Å². The van der Waals surface area contributed by atoms with Crippen molar-refractivity contribution in [3.63, 3.8) is 0 Å². The van der Waals surface area contributed by atoms with Gasteiger partial charge in [-0.15, -0.1) is 0 Å². The van der Waals surface area contributed by atoms with Crippen LogP contribution < -0.4 is 4.57 Å². The van der Waals surface area contributed by atoms with E-state index in [0.717, 1.165) is 11.0 Å². The van der Waals surface area contributed by atoms with Crippen LogP contribution >= 0.6 is 0 Å². The van der Waals surface area contributed by atoms with E-state index in [0.29, 0.717) is 0 Å². The van der Waals surface area contributed by atoms with Crippen LogP contribution in [0.5, 0.6) is 0 Å². The average Bonchev–Trinajstić information content (AvgIpc) is 2.28. The van der Waals surface area contributed by atoms with Gasteiger partial charge in [-0.3, -0.25) is 0 Å². The summed E-state index contributed by atoms with van der Waals surface area (Å²) in [7, 11) is -4.07. The summed E-state index contributed by atoms with van der Waals surface area (Å²) in [4.78, 5) is 4.22. The van der Waals surface area contributed by atoms with E-state index in [1.165, 1.54) is 0 Å². The number of aromatic nitrogens is 2. The van der Waals surface area contributed by atoms with E-state index in [4.69, 9.17) is 13.0 Å². The molecule has 5 nitrogen and oxygen atoms in total. The topological polar surface area (TPSA) is 74.0 Å². The minimum Gasteiger partial charge on any atom is -0.741 e. The van der Waals surface area contributed by atoms with Gasteiger partial charge >= 0.3 is 5.51 Å². The minimum atomic E-state index is -6.09. The molecule has 0 aliphatic heterocycles. The van der Waals surface area contributed by atoms with E-state index in [-0.39, 0.29) is 0 Å². The lowest BCUT2D eigenvalue weighted by molar-refractivity contribution is -0.645. The van der Waals surface area contributed by atoms with Gasteiger partial charge < -0.3 is 4.55 Å². The Kier molecular flexibility index (Phi) is 4.43. The maximum absolute atomic E-state index is 10.7. The molecule has 2 aromatic rings. The van der Waals surface area contributed by atoms with Crippen molar-refractivity contribution in [1.82, 2.24) is 4.98 Å². The normalized spacial score (nSPS) is 11.8. The third kappa shape index (κ3) is 4.14. The molecule has 9 heteroatoms. The number of benzene rings is 1. The number of hydrogen-bond acceptors (Lipinski definition) is 4. The molecule has 0 atom stereocenters. The molecule has 0 spiro atoms. The van der Waals surface area contributed by atoms with Gasteiger partial charge in [-0.2, -0.15) is 17.7 Å². The van der Waals surface area contributed by atoms with Crippen LogP contribution in [0, 0.1) is 0 Å². The molecule has 0 N–H and O–H groups in total. The summed E-state index contributed by atoms with van der Waals surface area (Å²) < 4.78 is 61.0. The second-order valence-corrected chi connectivity index (χ2v) is 4.80. The van der Waals surface area contributed by atoms with Crippen molar-refractivity contribution < 1.29 is 30.7 Å². The van der Waals surface area contributed by atoms with E-state index >= 15 is 0 Å². The number of nitrogens with zero attached hydrogens (tertiary/aromatic N) is 2. The SMILES string of the molecule is C[n+]1ccnc2ccccc21.O=S(=O)([O-])C(F)(F)F. The number of fused-ring (bicyclic) bond motifs is 1. The van der Waals surface area contributed by atoms with Gasteiger partial charge in [-0.1, -0.05) is 12.1 Å². The fraction of sp³-hybridized carbons (Fsp3) is 0.200. The Balaban J connectivity index is 0.000000203. The third-order valence-corrected chi connectivity index (χ3v) is 2.62. The van der Waals surface area contributed by atoms with Gasteiger partial charge in [0.15, 0.2) is 16.3 Å². The maximum Gasteiger partial charge on any atom is 0.485 e. The van der Waals surface area contributed by atoms with Gasteiger partial charge in [0.1, 0.15) is 12.6 Å². The van der Waals surface area contributed by atoms with Gasteiger partial charge in [0.2, 0.25) is 5.52 Å². The average molecular weight is 294 g/mol. The van der Waals surface area contributed by atoms with Crippen LogP contribution in [0.15, 0.2) is 36.7 Å². The van der Waals surface area contributed by atoms with Crippen molar-refractivity contribution in [3.05, 3.63) is 36.7 Å². The molecule has 0 radical (unpaired) electrons. The molecule has 19 heavy (non-hydrogen) atoms. The predicted octanol–water partition coefficient (Wildman–Crippen LogP) is 1.11. The summed E-state index contributed by atoms with van der Waals surface area (Å²) in [6, 6.07) is 8.08. The molecule has 104 valence electrons. The van der Waals surface area contributed by atoms with Crippen LogP contribution in [0.1, 0.15) is 0 Å². The van der Waals surface area contributed by atoms with E-state index in [9.17, 15) is 13.2 Å². The summed E-state index contributed by atoms with van der Waals surface area (Å²) in [5, 5.41) is 0. The number of halogens is 3. The molecule has 0 bridgehead atoms. The highest BCUT2D eigenvalue weighted by Gasteiger charge is 2.36. The highest BCUT2D eigenvalue weighted by molar-refractivity contribution is 7.86. The van der Waals surface area contributed by atoms with Crippen LogP contribution in [-0.2, 0) is 17.2 Å². The van der Waals surface area contributed by atoms with E-state index in [1.54, 1.807) is 0 Å². The lowest BCUT2D eigenvalue weighted by Crippen LogP contribution is -2.28. The number of para-hydroxylation sites is 2. The first kappa shape index (κ1) is 15.3. The Morgan fingerprint density at radius 3 is 2.26 bits per heavy atom. The zero-order chi connectivity index (χ0) is 14.7. The van der Waals surface area contributed by atoms with E-state index in [1.807, 2.05) is 37.6 Å². The van der Waals surface area contributed by atoms with Crippen molar-refractivity contribution in [3.8, 4) is 0 Å². The molecular weight excluding hydrogens is 285 g/mol. The van der Waals surface area contributed by atoms with Crippen LogP contribution in [0.4, 0.5) is 13.2 Å². The molecule has 1 aromatic heterocycles. The largest absolute Gasteiger partial charge is 0.741 e. The number of alkyl halides is 3. The molecule has 1 heterocycles. The lowest BCUT2D eigenvalue weighted by atomic mass is 10.3. The number of aryl methyl sites for hydroxylation is 1. The van der Waals surface area contributed by atoms with Crippen molar-refractivity contribution in [2.45, 2.75) is 5.51 Å². The fourth-order valence-electron chi connectivity index (χ4n) is 1.17. The molecule has 0 amide bonds. The first-order valence-electron chi connectivity index (χ1n) is 4.84. The Labute approximate surface area is 107 Å². The van der Waals surface area contributed by atoms with Crippen LogP contribution in [0.2, 0.25) is 0 Å². The number of rotatable bonds is 0. The van der Waals surface area contributed by atoms with E-state index in [2.05, 4.69) is 15.6 Å². The quantitative estimate of drug-likeness (QED) is 0.414. The fourth-order valence-corrected chi connectivity index (χ4v) is 1.17. The Hall–Kier alpha value is -1.74. The molecule has 0 fully saturated rings. The smallest absolute Gasteiger partial charge is 0.485 e. The first-order chi connectivity index (χ1) is 8.63. The van der Waals surface area contributed by atoms with Gasteiger partial charge in [0, 0.05) is 6.07 Å². The maximum atomic E-state index is 10.7. The Morgan fingerprint density at radius 2 is 1.79 bits per heavy atom. The molecule has 0 aliphatic carbocycles. The van der Waals surface area contributed by atoms with E-state index < -0.39 is 15.6 Å². The second-order valence-electron chi connectivity index (χ2n) is 3.43. The summed E-state index contributed by atoms with van der Waals surface area (Å²) in [5.74, 6) is 0. The van der Waals surface area contributed by atoms with Gasteiger partial charge in [-0.05, 0) is 6.07 Å². The third-order valence-electron chi connectivity index (χ3n) is 2.05. The highest BCUT2D eigenvalue weighted by Crippen LogP contribution is 2.20. The second kappa shape index (κ2) is 5.49. The molecule has 1 aromatic carbocycles. The Bertz CT molecular complexity index is 666. The predicted molar refractivity (Wildman–Crippen MR) is 58.7 cm³/mol. The zero-order valence-corrected chi connectivity index (χ0v) is 10.4. The van der Waals surface area contributed by atoms with Crippen molar-refractivity contribution in [2.24, 2.45) is 7.05 Å². The van der Waals surface area contributed by atoms with Gasteiger partial charge in [0.05, 0.1) is 6.20 Å². The zero-order valence-electron chi connectivity index (χ0n) is 9.63. The molecule has 0 saturated heterocycles. The summed E-state index contributed by atoms with van der Waals surface area (Å²) in [6.07, 6.45) is 3.75. The molecule has 0 aliphatic rings. The molecular formula is C10H9F3N2O3S. The summed E-state index contributed by atoms with van der Waals surface area (Å²) in [5.41, 5.74) is -3.44. The van der Waals surface area contributed by atoms with Crippen molar-refractivity contribution in [1.29, 1.82) is 0 Å². The van der Waals surface area contributed by atoms with Crippen LogP contribution in [0.3, 0.4) is 0 Å². The summed E-state index contributed by atoms with van der Waals surface area (Å²) >= 11 is 0.